The second-order valence-electron chi connectivity index (χ2n) is 6.42. The van der Waals surface area contributed by atoms with Crippen LogP contribution in [-0.2, 0) is 11.3 Å². The van der Waals surface area contributed by atoms with Crippen LogP contribution in [0.5, 0.6) is 5.75 Å². The average molecular weight is 370 g/mol. The normalized spacial score (nSPS) is 12.3. The Morgan fingerprint density at radius 3 is 2.46 bits per heavy atom. The molecule has 1 amide bonds. The number of hydrogen-bond acceptors (Lipinski definition) is 4. The molecule has 0 fully saturated rings. The Morgan fingerprint density at radius 1 is 1.12 bits per heavy atom. The van der Waals surface area contributed by atoms with Gasteiger partial charge in [-0.1, -0.05) is 35.8 Å². The predicted molar refractivity (Wildman–Crippen MR) is 105 cm³/mol. The highest BCUT2D eigenvalue weighted by atomic mass is 32.1. The number of carbonyl (C=O) groups excluding carboxylic acids is 1. The van der Waals surface area contributed by atoms with Gasteiger partial charge in [-0.2, -0.15) is 0 Å². The van der Waals surface area contributed by atoms with E-state index in [0.29, 0.717) is 11.9 Å². The summed E-state index contributed by atoms with van der Waals surface area (Å²) in [6.45, 7) is 6.10. The summed E-state index contributed by atoms with van der Waals surface area (Å²) in [7, 11) is 0. The van der Waals surface area contributed by atoms with E-state index in [4.69, 9.17) is 4.74 Å². The summed E-state index contributed by atoms with van der Waals surface area (Å²) in [6, 6.07) is 14.5. The zero-order valence-electron chi connectivity index (χ0n) is 15.1. The minimum absolute atomic E-state index is 0.122. The maximum Gasteiger partial charge on any atom is 0.269 e. The third-order valence-electron chi connectivity index (χ3n) is 4.01. The minimum atomic E-state index is -0.552. The van der Waals surface area contributed by atoms with Crippen LogP contribution in [0.3, 0.4) is 0 Å². The second kappa shape index (κ2) is 7.74. The number of nitrogens with one attached hydrogen (secondary N) is 1. The molecule has 0 saturated carbocycles. The van der Waals surface area contributed by atoms with E-state index in [9.17, 15) is 9.59 Å². The molecular weight excluding hydrogens is 348 g/mol. The van der Waals surface area contributed by atoms with Crippen LogP contribution in [0.1, 0.15) is 32.4 Å². The first kappa shape index (κ1) is 18.2. The quantitative estimate of drug-likeness (QED) is 0.719. The zero-order chi connectivity index (χ0) is 18.7. The summed E-state index contributed by atoms with van der Waals surface area (Å²) < 4.78 is 8.02. The van der Waals surface area contributed by atoms with Gasteiger partial charge < -0.3 is 10.1 Å². The van der Waals surface area contributed by atoms with Crippen LogP contribution in [0.4, 0.5) is 0 Å². The summed E-state index contributed by atoms with van der Waals surface area (Å²) in [4.78, 5) is 24.9. The molecule has 0 aliphatic heterocycles. The molecule has 1 heterocycles. The van der Waals surface area contributed by atoms with Gasteiger partial charge in [0.25, 0.3) is 5.56 Å². The SMILES string of the molecule is CC(C)Oc1ccc(CNC(=O)[C@@H](C)n2sc3ccccc3c2=O)cc1. The molecule has 2 aromatic carbocycles. The molecule has 5 nitrogen and oxygen atoms in total. The molecule has 1 atom stereocenters. The molecule has 0 bridgehead atoms. The van der Waals surface area contributed by atoms with Crippen molar-refractivity contribution in [3.05, 3.63) is 64.4 Å². The van der Waals surface area contributed by atoms with E-state index < -0.39 is 6.04 Å². The van der Waals surface area contributed by atoms with Gasteiger partial charge in [-0.15, -0.1) is 0 Å². The molecule has 136 valence electrons. The molecule has 0 aliphatic rings. The molecule has 3 rings (SSSR count). The van der Waals surface area contributed by atoms with Gasteiger partial charge in [0.2, 0.25) is 5.91 Å². The molecule has 1 N–H and O–H groups in total. The third-order valence-corrected chi connectivity index (χ3v) is 5.24. The number of carbonyl (C=O) groups is 1. The monoisotopic (exact) mass is 370 g/mol. The van der Waals surface area contributed by atoms with Crippen molar-refractivity contribution in [1.29, 1.82) is 0 Å². The van der Waals surface area contributed by atoms with Crippen molar-refractivity contribution < 1.29 is 9.53 Å². The van der Waals surface area contributed by atoms with Crippen LogP contribution >= 0.6 is 11.5 Å². The Morgan fingerprint density at radius 2 is 1.81 bits per heavy atom. The molecule has 0 radical (unpaired) electrons. The van der Waals surface area contributed by atoms with Crippen LogP contribution < -0.4 is 15.6 Å². The third kappa shape index (κ3) is 3.96. The first-order chi connectivity index (χ1) is 12.5. The van der Waals surface area contributed by atoms with Crippen LogP contribution in [-0.4, -0.2) is 16.0 Å². The van der Waals surface area contributed by atoms with Crippen LogP contribution in [0.2, 0.25) is 0 Å². The number of amides is 1. The zero-order valence-corrected chi connectivity index (χ0v) is 15.9. The first-order valence-electron chi connectivity index (χ1n) is 8.59. The lowest BCUT2D eigenvalue weighted by Crippen LogP contribution is -2.33. The number of fused-ring (bicyclic) bond motifs is 1. The van der Waals surface area contributed by atoms with Gasteiger partial charge in [-0.25, -0.2) is 0 Å². The molecule has 0 unspecified atom stereocenters. The van der Waals surface area contributed by atoms with Gasteiger partial charge in [0.05, 0.1) is 16.2 Å². The molecule has 0 aliphatic carbocycles. The molecule has 3 aromatic rings. The topological polar surface area (TPSA) is 60.3 Å². The van der Waals surface area contributed by atoms with Crippen molar-refractivity contribution >= 4 is 27.5 Å². The fourth-order valence-electron chi connectivity index (χ4n) is 2.65. The first-order valence-corrected chi connectivity index (χ1v) is 9.37. The van der Waals surface area contributed by atoms with Crippen molar-refractivity contribution in [3.8, 4) is 5.75 Å². The van der Waals surface area contributed by atoms with Gasteiger partial charge in [0, 0.05) is 6.54 Å². The maximum atomic E-state index is 12.5. The molecule has 0 spiro atoms. The van der Waals surface area contributed by atoms with Gasteiger partial charge in [0.1, 0.15) is 11.8 Å². The fraction of sp³-hybridized carbons (Fsp3) is 0.300. The Labute approximate surface area is 156 Å². The smallest absolute Gasteiger partial charge is 0.269 e. The van der Waals surface area contributed by atoms with Crippen molar-refractivity contribution in [1.82, 2.24) is 9.27 Å². The highest BCUT2D eigenvalue weighted by Gasteiger charge is 2.19. The minimum Gasteiger partial charge on any atom is -0.491 e. The van der Waals surface area contributed by atoms with Gasteiger partial charge in [-0.05, 0) is 50.6 Å². The molecule has 1 aromatic heterocycles. The number of benzene rings is 2. The molecule has 26 heavy (non-hydrogen) atoms. The van der Waals surface area contributed by atoms with E-state index in [1.165, 1.54) is 15.5 Å². The molecule has 6 heteroatoms. The van der Waals surface area contributed by atoms with E-state index >= 15 is 0 Å². The van der Waals surface area contributed by atoms with E-state index in [-0.39, 0.29) is 17.6 Å². The van der Waals surface area contributed by atoms with Crippen LogP contribution in [0, 0.1) is 0 Å². The summed E-state index contributed by atoms with van der Waals surface area (Å²) in [5, 5.41) is 3.55. The lowest BCUT2D eigenvalue weighted by atomic mass is 10.2. The van der Waals surface area contributed by atoms with E-state index in [1.807, 2.05) is 56.3 Å². The van der Waals surface area contributed by atoms with Crippen molar-refractivity contribution in [3.63, 3.8) is 0 Å². The summed E-state index contributed by atoms with van der Waals surface area (Å²) in [5.74, 6) is 0.626. The summed E-state index contributed by atoms with van der Waals surface area (Å²) >= 11 is 1.32. The highest BCUT2D eigenvalue weighted by Crippen LogP contribution is 2.20. The predicted octanol–water partition coefficient (Wildman–Crippen LogP) is 3.73. The highest BCUT2D eigenvalue weighted by molar-refractivity contribution is 7.14. The lowest BCUT2D eigenvalue weighted by molar-refractivity contribution is -0.123. The molecular formula is C20H22N2O3S. The van der Waals surface area contributed by atoms with E-state index in [0.717, 1.165) is 16.0 Å². The van der Waals surface area contributed by atoms with Crippen molar-refractivity contribution in [2.75, 3.05) is 0 Å². The average Bonchev–Trinajstić information content (AvgIpc) is 2.97. The van der Waals surface area contributed by atoms with Crippen LogP contribution in [0.25, 0.3) is 10.1 Å². The largest absolute Gasteiger partial charge is 0.491 e. The number of aromatic nitrogens is 1. The summed E-state index contributed by atoms with van der Waals surface area (Å²) in [5.41, 5.74) is 0.855. The lowest BCUT2D eigenvalue weighted by Gasteiger charge is -2.13. The molecule has 0 saturated heterocycles. The van der Waals surface area contributed by atoms with Crippen molar-refractivity contribution in [2.24, 2.45) is 0 Å². The fourth-order valence-corrected chi connectivity index (χ4v) is 3.69. The van der Waals surface area contributed by atoms with Crippen molar-refractivity contribution in [2.45, 2.75) is 39.5 Å². The van der Waals surface area contributed by atoms with Gasteiger partial charge in [0.15, 0.2) is 0 Å². The van der Waals surface area contributed by atoms with E-state index in [1.54, 1.807) is 13.0 Å². The van der Waals surface area contributed by atoms with E-state index in [2.05, 4.69) is 5.32 Å². The Balaban J connectivity index is 1.65. The van der Waals surface area contributed by atoms with Gasteiger partial charge in [-0.3, -0.25) is 13.5 Å². The standard InChI is InChI=1S/C20H22N2O3S/c1-13(2)25-16-10-8-15(9-11-16)12-21-19(23)14(3)22-20(24)17-6-4-5-7-18(17)26-22/h4-11,13-14H,12H2,1-3H3,(H,21,23)/t14-/m1/s1. The maximum absolute atomic E-state index is 12.5. The van der Waals surface area contributed by atoms with Crippen LogP contribution in [0.15, 0.2) is 53.3 Å². The number of rotatable bonds is 6. The number of nitrogens with zero attached hydrogens (tertiary/aromatic N) is 1. The summed E-state index contributed by atoms with van der Waals surface area (Å²) in [6.07, 6.45) is 0.126. The Bertz CT molecular complexity index is 957. The Hall–Kier alpha value is -2.60. The number of ether oxygens (including phenoxy) is 1. The Kier molecular flexibility index (Phi) is 5.42. The second-order valence-corrected chi connectivity index (χ2v) is 7.44. The number of hydrogen-bond donors (Lipinski definition) is 1. The van der Waals surface area contributed by atoms with Gasteiger partial charge >= 0.3 is 0 Å².